The smallest absolute Gasteiger partial charge is 0.281 e. The van der Waals surface area contributed by atoms with Crippen LogP contribution in [0, 0.1) is 17.7 Å². The van der Waals surface area contributed by atoms with E-state index in [2.05, 4.69) is 16.9 Å². The summed E-state index contributed by atoms with van der Waals surface area (Å²) >= 11 is 0. The highest BCUT2D eigenvalue weighted by molar-refractivity contribution is 7.90. The van der Waals surface area contributed by atoms with Crippen LogP contribution in [0.25, 0.3) is 11.3 Å². The van der Waals surface area contributed by atoms with Gasteiger partial charge < -0.3 is 15.4 Å². The Morgan fingerprint density at radius 3 is 2.61 bits per heavy atom. The lowest BCUT2D eigenvalue weighted by atomic mass is 10.0. The Hall–Kier alpha value is -3.73. The number of aromatic nitrogens is 2. The molecule has 1 aliphatic rings. The molecule has 0 saturated carbocycles. The fraction of sp³-hybridized carbons (Fsp3) is 0.320. The van der Waals surface area contributed by atoms with Crippen LogP contribution in [0.2, 0.25) is 0 Å². The minimum absolute atomic E-state index is 0.0124. The summed E-state index contributed by atoms with van der Waals surface area (Å²) in [5, 5.41) is -0.367. The van der Waals surface area contributed by atoms with Gasteiger partial charge in [-0.3, -0.25) is 4.79 Å². The lowest BCUT2D eigenvalue weighted by Crippen LogP contribution is -2.47. The number of nitrogens with two attached hydrogens (primary N) is 1. The molecule has 0 bridgehead atoms. The number of hydrogen-bond donors (Lipinski definition) is 2. The Balaban J connectivity index is 1.67. The second-order valence-electron chi connectivity index (χ2n) is 9.29. The van der Waals surface area contributed by atoms with Gasteiger partial charge in [0.25, 0.3) is 15.9 Å². The van der Waals surface area contributed by atoms with Gasteiger partial charge in [-0.15, -0.1) is 0 Å². The Bertz CT molecular complexity index is 1390. The summed E-state index contributed by atoms with van der Waals surface area (Å²) in [6.07, 6.45) is 0. The van der Waals surface area contributed by atoms with E-state index in [0.29, 0.717) is 48.4 Å². The number of hydrogen-bond acceptors (Lipinski definition) is 8. The van der Waals surface area contributed by atoms with E-state index in [1.54, 1.807) is 12.1 Å². The highest BCUT2D eigenvalue weighted by atomic mass is 32.2. The summed E-state index contributed by atoms with van der Waals surface area (Å²) in [6.45, 7) is 7.77. The zero-order valence-electron chi connectivity index (χ0n) is 20.2. The summed E-state index contributed by atoms with van der Waals surface area (Å²) in [5.41, 5.74) is 6.57. The monoisotopic (exact) mass is 513 g/mol. The molecule has 0 atom stereocenters. The van der Waals surface area contributed by atoms with Crippen LogP contribution in [0.15, 0.2) is 53.6 Å². The molecular weight excluding hydrogens is 485 g/mol. The molecule has 1 aliphatic heterocycles. The molecule has 1 saturated heterocycles. The van der Waals surface area contributed by atoms with E-state index in [1.807, 2.05) is 23.5 Å². The molecule has 1 amide bonds. The minimum atomic E-state index is -4.26. The highest BCUT2D eigenvalue weighted by Gasteiger charge is 2.30. The lowest BCUT2D eigenvalue weighted by Gasteiger charge is -2.39. The van der Waals surface area contributed by atoms with E-state index in [1.165, 1.54) is 36.4 Å². The number of carbonyl (C=O) groups is 1. The van der Waals surface area contributed by atoms with Crippen molar-refractivity contribution in [3.63, 3.8) is 0 Å². The number of nitrogens with zero attached hydrogens (tertiary/aromatic N) is 3. The number of nitrogen functional groups attached to an aromatic ring is 1. The van der Waals surface area contributed by atoms with Crippen LogP contribution in [0.5, 0.6) is 5.75 Å². The van der Waals surface area contributed by atoms with Crippen LogP contribution in [-0.4, -0.2) is 44.0 Å². The first-order valence-electron chi connectivity index (χ1n) is 11.5. The largest absolute Gasteiger partial charge is 0.493 e. The first kappa shape index (κ1) is 25.4. The number of amides is 1. The molecule has 11 heteroatoms. The van der Waals surface area contributed by atoms with E-state index in [4.69, 9.17) is 10.5 Å². The van der Waals surface area contributed by atoms with Gasteiger partial charge in [-0.2, -0.15) is 8.42 Å². The SMILES string of the molecule is CC(C)COc1cc(F)cc(-c2ccc(C(=O)NS(=O)(=O)c3cccc(N)n3)c(N3CC(C)C3)n2)c1. The number of sulfonamides is 1. The molecule has 0 unspecified atom stereocenters. The van der Waals surface area contributed by atoms with E-state index in [0.717, 1.165) is 0 Å². The van der Waals surface area contributed by atoms with E-state index in [-0.39, 0.29) is 22.3 Å². The first-order chi connectivity index (χ1) is 17.0. The number of halogens is 1. The van der Waals surface area contributed by atoms with Crippen LogP contribution < -0.4 is 20.1 Å². The van der Waals surface area contributed by atoms with Gasteiger partial charge in [0.2, 0.25) is 0 Å². The zero-order chi connectivity index (χ0) is 26.0. The molecule has 3 N–H and O–H groups in total. The molecule has 2 aromatic heterocycles. The number of rotatable bonds is 8. The lowest BCUT2D eigenvalue weighted by molar-refractivity contribution is 0.0981. The predicted molar refractivity (Wildman–Crippen MR) is 135 cm³/mol. The van der Waals surface area contributed by atoms with Crippen molar-refractivity contribution in [2.45, 2.75) is 25.8 Å². The van der Waals surface area contributed by atoms with Crippen molar-refractivity contribution in [2.75, 3.05) is 30.3 Å². The molecule has 0 radical (unpaired) electrons. The summed E-state index contributed by atoms with van der Waals surface area (Å²) in [4.78, 5) is 23.4. The highest BCUT2D eigenvalue weighted by Crippen LogP contribution is 2.31. The molecule has 0 spiro atoms. The van der Waals surface area contributed by atoms with Crippen molar-refractivity contribution in [3.8, 4) is 17.0 Å². The predicted octanol–water partition coefficient (Wildman–Crippen LogP) is 3.47. The molecule has 4 rings (SSSR count). The van der Waals surface area contributed by atoms with Crippen molar-refractivity contribution in [2.24, 2.45) is 11.8 Å². The Morgan fingerprint density at radius 1 is 1.19 bits per heavy atom. The zero-order valence-corrected chi connectivity index (χ0v) is 21.0. The number of ether oxygens (including phenoxy) is 1. The van der Waals surface area contributed by atoms with Gasteiger partial charge >= 0.3 is 0 Å². The first-order valence-corrected chi connectivity index (χ1v) is 13.0. The van der Waals surface area contributed by atoms with Gasteiger partial charge in [0.1, 0.15) is 23.2 Å². The fourth-order valence-electron chi connectivity index (χ4n) is 3.77. The van der Waals surface area contributed by atoms with Gasteiger partial charge in [-0.05, 0) is 48.2 Å². The molecule has 190 valence electrons. The molecule has 0 aliphatic carbocycles. The molecule has 9 nitrogen and oxygen atoms in total. The van der Waals surface area contributed by atoms with E-state index < -0.39 is 21.7 Å². The summed E-state index contributed by atoms with van der Waals surface area (Å²) in [5.74, 6) is 0.0272. The van der Waals surface area contributed by atoms with Crippen LogP contribution in [-0.2, 0) is 10.0 Å². The molecule has 36 heavy (non-hydrogen) atoms. The standard InChI is InChI=1S/C25H28FN5O4S/c1-15(2)14-35-19-10-17(9-18(26)11-19)21-8-7-20(24(28-21)31-12-16(3)13-31)25(32)30-36(33,34)23-6-4-5-22(27)29-23/h4-11,15-16H,12-14H2,1-3H3,(H2,27,29)(H,30,32). The second kappa shape index (κ2) is 10.1. The molecule has 3 aromatic rings. The van der Waals surface area contributed by atoms with Crippen molar-refractivity contribution >= 4 is 27.6 Å². The average molecular weight is 514 g/mol. The number of anilines is 2. The van der Waals surface area contributed by atoms with Crippen molar-refractivity contribution in [3.05, 3.63) is 59.9 Å². The number of pyridine rings is 2. The Labute approximate surface area is 209 Å². The maximum atomic E-state index is 14.3. The van der Waals surface area contributed by atoms with Gasteiger partial charge in [-0.25, -0.2) is 19.1 Å². The topological polar surface area (TPSA) is 128 Å². The minimum Gasteiger partial charge on any atom is -0.493 e. The molecule has 1 fully saturated rings. The van der Waals surface area contributed by atoms with Crippen LogP contribution in [0.1, 0.15) is 31.1 Å². The van der Waals surface area contributed by atoms with E-state index in [9.17, 15) is 17.6 Å². The quantitative estimate of drug-likeness (QED) is 0.469. The van der Waals surface area contributed by atoms with Crippen molar-refractivity contribution < 1.29 is 22.3 Å². The van der Waals surface area contributed by atoms with Gasteiger partial charge in [-0.1, -0.05) is 26.8 Å². The van der Waals surface area contributed by atoms with E-state index >= 15 is 0 Å². The van der Waals surface area contributed by atoms with Crippen molar-refractivity contribution in [1.29, 1.82) is 0 Å². The Morgan fingerprint density at radius 2 is 1.94 bits per heavy atom. The summed E-state index contributed by atoms with van der Waals surface area (Å²) in [6, 6.07) is 11.5. The number of benzene rings is 1. The average Bonchev–Trinajstić information content (AvgIpc) is 2.79. The van der Waals surface area contributed by atoms with Crippen LogP contribution >= 0.6 is 0 Å². The molecule has 3 heterocycles. The summed E-state index contributed by atoms with van der Waals surface area (Å²) < 4.78 is 47.5. The normalized spacial score (nSPS) is 14.0. The maximum Gasteiger partial charge on any atom is 0.281 e. The number of nitrogens with one attached hydrogen (secondary N) is 1. The van der Waals surface area contributed by atoms with Gasteiger partial charge in [0.15, 0.2) is 5.03 Å². The number of carbonyl (C=O) groups excluding carboxylic acids is 1. The van der Waals surface area contributed by atoms with Crippen molar-refractivity contribution in [1.82, 2.24) is 14.7 Å². The van der Waals surface area contributed by atoms with Gasteiger partial charge in [0.05, 0.1) is 17.9 Å². The third-order valence-corrected chi connectivity index (χ3v) is 6.71. The summed E-state index contributed by atoms with van der Waals surface area (Å²) in [7, 11) is -4.26. The Kier molecular flexibility index (Phi) is 7.11. The molecule has 1 aromatic carbocycles. The second-order valence-corrected chi connectivity index (χ2v) is 10.9. The third kappa shape index (κ3) is 5.73. The van der Waals surface area contributed by atoms with Crippen LogP contribution in [0.4, 0.5) is 16.0 Å². The fourth-order valence-corrected chi connectivity index (χ4v) is 4.71. The van der Waals surface area contributed by atoms with Gasteiger partial charge in [0, 0.05) is 24.7 Å². The van der Waals surface area contributed by atoms with Crippen LogP contribution in [0.3, 0.4) is 0 Å². The maximum absolute atomic E-state index is 14.3. The third-order valence-electron chi connectivity index (χ3n) is 5.48. The molecular formula is C25H28FN5O4S.